The first-order valence-corrected chi connectivity index (χ1v) is 13.9. The van der Waals surface area contributed by atoms with Crippen LogP contribution in [0.3, 0.4) is 0 Å². The van der Waals surface area contributed by atoms with E-state index in [9.17, 15) is 4.79 Å². The number of likely N-dealkylation sites (tertiary alicyclic amines) is 1. The number of nitrogens with two attached hydrogens (primary N) is 1. The number of aromatic nitrogens is 3. The SMILES string of the molecule is C[C@@H]1CCCN1Cc1cc(-c2nc(-c3ccc4c(=O)[nH]cc(Cl)c4c3)c(N)nc2F)ccc1C1CCOCC1. The number of nitrogens with zero attached hydrogens (tertiary/aromatic N) is 3. The summed E-state index contributed by atoms with van der Waals surface area (Å²) in [5.74, 6) is -0.323. The molecule has 2 saturated heterocycles. The van der Waals surface area contributed by atoms with Crippen LogP contribution in [-0.4, -0.2) is 45.7 Å². The second-order valence-electron chi connectivity index (χ2n) is 10.6. The molecule has 0 saturated carbocycles. The molecule has 0 radical (unpaired) electrons. The smallest absolute Gasteiger partial charge is 0.255 e. The van der Waals surface area contributed by atoms with Crippen molar-refractivity contribution >= 4 is 28.2 Å². The number of anilines is 1. The lowest BCUT2D eigenvalue weighted by Gasteiger charge is -2.28. The molecule has 4 aromatic rings. The molecule has 0 bridgehead atoms. The highest BCUT2D eigenvalue weighted by Crippen LogP contribution is 2.36. The van der Waals surface area contributed by atoms with Gasteiger partial charge in [0, 0.05) is 53.9 Å². The lowest BCUT2D eigenvalue weighted by Crippen LogP contribution is -2.27. The number of nitrogen functional groups attached to an aromatic ring is 1. The Hall–Kier alpha value is -3.33. The summed E-state index contributed by atoms with van der Waals surface area (Å²) in [4.78, 5) is 26.0. The Labute approximate surface area is 231 Å². The second kappa shape index (κ2) is 10.7. The molecule has 2 aromatic heterocycles. The Balaban J connectivity index is 1.43. The van der Waals surface area contributed by atoms with Gasteiger partial charge in [-0.2, -0.15) is 9.37 Å². The molecule has 2 aliphatic heterocycles. The van der Waals surface area contributed by atoms with Crippen LogP contribution in [-0.2, 0) is 11.3 Å². The Morgan fingerprint density at radius 3 is 2.62 bits per heavy atom. The zero-order chi connectivity index (χ0) is 27.1. The van der Waals surface area contributed by atoms with Crippen LogP contribution in [0.5, 0.6) is 0 Å². The van der Waals surface area contributed by atoms with Gasteiger partial charge in [-0.3, -0.25) is 9.69 Å². The first-order valence-electron chi connectivity index (χ1n) is 13.5. The van der Waals surface area contributed by atoms with Crippen LogP contribution in [0.25, 0.3) is 33.3 Å². The van der Waals surface area contributed by atoms with Crippen LogP contribution in [0, 0.1) is 5.95 Å². The fourth-order valence-electron chi connectivity index (χ4n) is 5.94. The maximum absolute atomic E-state index is 15.3. The number of aromatic amines is 1. The molecule has 202 valence electrons. The molecule has 0 amide bonds. The number of benzene rings is 2. The highest BCUT2D eigenvalue weighted by molar-refractivity contribution is 6.35. The molecule has 3 N–H and O–H groups in total. The second-order valence-corrected chi connectivity index (χ2v) is 11.0. The summed E-state index contributed by atoms with van der Waals surface area (Å²) in [5.41, 5.74) is 10.2. The van der Waals surface area contributed by atoms with Crippen LogP contribution in [0.1, 0.15) is 49.7 Å². The number of fused-ring (bicyclic) bond motifs is 1. The van der Waals surface area contributed by atoms with E-state index in [2.05, 4.69) is 38.9 Å². The van der Waals surface area contributed by atoms with Crippen molar-refractivity contribution in [3.05, 3.63) is 75.0 Å². The topological polar surface area (TPSA) is 97.1 Å². The van der Waals surface area contributed by atoms with Crippen molar-refractivity contribution in [2.45, 2.75) is 51.1 Å². The summed E-state index contributed by atoms with van der Waals surface area (Å²) in [6.07, 6.45) is 5.79. The van der Waals surface area contributed by atoms with Crippen molar-refractivity contribution in [3.8, 4) is 22.5 Å². The normalized spacial score (nSPS) is 18.7. The molecule has 0 aliphatic carbocycles. The third-order valence-corrected chi connectivity index (χ3v) is 8.46. The minimum absolute atomic E-state index is 0.0264. The number of rotatable bonds is 5. The van der Waals surface area contributed by atoms with Gasteiger partial charge in [0.1, 0.15) is 11.4 Å². The average molecular weight is 548 g/mol. The molecule has 9 heteroatoms. The van der Waals surface area contributed by atoms with E-state index in [1.165, 1.54) is 30.2 Å². The van der Waals surface area contributed by atoms with Crippen LogP contribution in [0.15, 0.2) is 47.4 Å². The first-order chi connectivity index (χ1) is 18.9. The maximum Gasteiger partial charge on any atom is 0.255 e. The lowest BCUT2D eigenvalue weighted by atomic mass is 9.87. The van der Waals surface area contributed by atoms with Crippen molar-refractivity contribution in [1.82, 2.24) is 19.9 Å². The van der Waals surface area contributed by atoms with Crippen molar-refractivity contribution in [3.63, 3.8) is 0 Å². The van der Waals surface area contributed by atoms with Gasteiger partial charge in [0.2, 0.25) is 5.95 Å². The summed E-state index contributed by atoms with van der Waals surface area (Å²) in [7, 11) is 0. The molecule has 39 heavy (non-hydrogen) atoms. The Kier molecular flexibility index (Phi) is 7.10. The van der Waals surface area contributed by atoms with Crippen LogP contribution in [0.2, 0.25) is 5.02 Å². The third kappa shape index (κ3) is 5.04. The molecule has 2 aliphatic rings. The van der Waals surface area contributed by atoms with Gasteiger partial charge in [0.25, 0.3) is 5.56 Å². The largest absolute Gasteiger partial charge is 0.382 e. The lowest BCUT2D eigenvalue weighted by molar-refractivity contribution is 0.0849. The minimum Gasteiger partial charge on any atom is -0.382 e. The van der Waals surface area contributed by atoms with Gasteiger partial charge in [-0.15, -0.1) is 0 Å². The van der Waals surface area contributed by atoms with Crippen LogP contribution in [0.4, 0.5) is 10.2 Å². The van der Waals surface area contributed by atoms with E-state index in [0.717, 1.165) is 39.1 Å². The monoisotopic (exact) mass is 547 g/mol. The van der Waals surface area contributed by atoms with Crippen LogP contribution < -0.4 is 11.3 Å². The summed E-state index contributed by atoms with van der Waals surface area (Å²) in [6, 6.07) is 11.8. The van der Waals surface area contributed by atoms with Gasteiger partial charge in [-0.05, 0) is 74.4 Å². The highest BCUT2D eigenvalue weighted by Gasteiger charge is 2.25. The van der Waals surface area contributed by atoms with Gasteiger partial charge in [0.15, 0.2) is 5.82 Å². The summed E-state index contributed by atoms with van der Waals surface area (Å²) in [5, 5.41) is 1.40. The number of pyridine rings is 1. The molecule has 2 fully saturated rings. The van der Waals surface area contributed by atoms with Gasteiger partial charge in [0.05, 0.1) is 5.02 Å². The number of nitrogens with one attached hydrogen (secondary N) is 1. The van der Waals surface area contributed by atoms with E-state index in [4.69, 9.17) is 22.1 Å². The van der Waals surface area contributed by atoms with E-state index in [0.29, 0.717) is 44.6 Å². The predicted octanol–water partition coefficient (Wildman–Crippen LogP) is 5.91. The third-order valence-electron chi connectivity index (χ3n) is 8.15. The Morgan fingerprint density at radius 2 is 1.85 bits per heavy atom. The Bertz CT molecular complexity index is 1600. The number of ether oxygens (including phenoxy) is 1. The fraction of sp³-hybridized carbons (Fsp3) is 0.367. The van der Waals surface area contributed by atoms with E-state index >= 15 is 4.39 Å². The number of hydrogen-bond donors (Lipinski definition) is 2. The fourth-order valence-corrected chi connectivity index (χ4v) is 6.15. The molecular weight excluding hydrogens is 517 g/mol. The summed E-state index contributed by atoms with van der Waals surface area (Å²) in [6.45, 7) is 5.67. The minimum atomic E-state index is -0.717. The predicted molar refractivity (Wildman–Crippen MR) is 152 cm³/mol. The highest BCUT2D eigenvalue weighted by atomic mass is 35.5. The van der Waals surface area contributed by atoms with E-state index in [1.54, 1.807) is 18.2 Å². The Morgan fingerprint density at radius 1 is 1.08 bits per heavy atom. The van der Waals surface area contributed by atoms with Crippen molar-refractivity contribution in [2.75, 3.05) is 25.5 Å². The summed E-state index contributed by atoms with van der Waals surface area (Å²) >= 11 is 6.35. The van der Waals surface area contributed by atoms with Crippen molar-refractivity contribution in [1.29, 1.82) is 0 Å². The van der Waals surface area contributed by atoms with Crippen molar-refractivity contribution < 1.29 is 9.13 Å². The number of H-pyrrole nitrogens is 1. The van der Waals surface area contributed by atoms with Gasteiger partial charge >= 0.3 is 0 Å². The molecule has 2 aromatic carbocycles. The van der Waals surface area contributed by atoms with Gasteiger partial charge in [-0.1, -0.05) is 29.8 Å². The average Bonchev–Trinajstić information content (AvgIpc) is 3.35. The van der Waals surface area contributed by atoms with E-state index in [-0.39, 0.29) is 17.1 Å². The van der Waals surface area contributed by atoms with Crippen LogP contribution >= 0.6 is 11.6 Å². The van der Waals surface area contributed by atoms with E-state index in [1.807, 2.05) is 6.07 Å². The molecular formula is C30H31ClFN5O2. The maximum atomic E-state index is 15.3. The quantitative estimate of drug-likeness (QED) is 0.322. The van der Waals surface area contributed by atoms with Gasteiger partial charge in [-0.25, -0.2) is 4.98 Å². The molecule has 4 heterocycles. The molecule has 1 atom stereocenters. The number of halogens is 2. The zero-order valence-corrected chi connectivity index (χ0v) is 22.6. The molecule has 7 nitrogen and oxygen atoms in total. The van der Waals surface area contributed by atoms with E-state index < -0.39 is 5.95 Å². The molecule has 0 spiro atoms. The molecule has 6 rings (SSSR count). The van der Waals surface area contributed by atoms with Crippen molar-refractivity contribution in [2.24, 2.45) is 0 Å². The first kappa shape index (κ1) is 25.9. The molecule has 0 unspecified atom stereocenters. The number of hydrogen-bond acceptors (Lipinski definition) is 6. The zero-order valence-electron chi connectivity index (χ0n) is 21.8. The summed E-state index contributed by atoms with van der Waals surface area (Å²) < 4.78 is 20.9. The standard InChI is InChI=1S/C30H31ClFN5O2/c1-17-3-2-10-37(17)16-21-13-19(4-6-22(21)18-8-11-39-12-9-18)26-28(32)36-29(33)27(35-26)20-5-7-23-24(14-20)25(31)15-34-30(23)38/h4-7,13-15,17-18H,2-3,8-12,16H2,1H3,(H2,33,36)(H,34,38)/t17-/m1/s1. The van der Waals surface area contributed by atoms with Gasteiger partial charge < -0.3 is 15.5 Å².